The number of nitrogens with one attached hydrogen (secondary N) is 1. The predicted octanol–water partition coefficient (Wildman–Crippen LogP) is 4.44. The van der Waals surface area contributed by atoms with Gasteiger partial charge < -0.3 is 19.7 Å². The molecule has 166 valence electrons. The molecule has 6 nitrogen and oxygen atoms in total. The first-order valence-corrected chi connectivity index (χ1v) is 11.4. The van der Waals surface area contributed by atoms with Gasteiger partial charge in [-0.3, -0.25) is 9.59 Å². The fourth-order valence-corrected chi connectivity index (χ4v) is 3.82. The van der Waals surface area contributed by atoms with Gasteiger partial charge in [0.15, 0.2) is 11.5 Å². The largest absolute Gasteiger partial charge is 0.454 e. The predicted molar refractivity (Wildman–Crippen MR) is 123 cm³/mol. The van der Waals surface area contributed by atoms with Crippen molar-refractivity contribution in [1.82, 2.24) is 10.2 Å². The van der Waals surface area contributed by atoms with E-state index in [-0.39, 0.29) is 24.6 Å². The van der Waals surface area contributed by atoms with Gasteiger partial charge in [-0.2, -0.15) is 0 Å². The molecule has 2 amide bonds. The molecule has 2 atom stereocenters. The second-order valence-corrected chi connectivity index (χ2v) is 8.75. The highest BCUT2D eigenvalue weighted by Crippen LogP contribution is 2.32. The molecule has 2 aromatic carbocycles. The number of aryl methyl sites for hydroxylation is 1. The van der Waals surface area contributed by atoms with Crippen molar-refractivity contribution in [2.45, 2.75) is 58.7 Å². The molecule has 1 N–H and O–H groups in total. The minimum atomic E-state index is -0.572. The van der Waals surface area contributed by atoms with Crippen LogP contribution >= 0.6 is 15.9 Å². The Kier molecular flexibility index (Phi) is 7.96. The summed E-state index contributed by atoms with van der Waals surface area (Å²) in [6, 6.07) is 13.0. The van der Waals surface area contributed by atoms with Gasteiger partial charge >= 0.3 is 0 Å². The molecule has 0 radical (unpaired) electrons. The van der Waals surface area contributed by atoms with E-state index >= 15 is 0 Å². The number of halogens is 1. The Bertz CT molecular complexity index is 934. The van der Waals surface area contributed by atoms with E-state index in [9.17, 15) is 9.59 Å². The fourth-order valence-electron chi connectivity index (χ4n) is 3.37. The average molecular weight is 489 g/mol. The lowest BCUT2D eigenvalue weighted by Gasteiger charge is -2.30. The standard InChI is InChI=1S/C24H29BrN2O4/c1-4-16(2)26-24(29)17(3)27(14-19-6-5-7-20(25)12-19)23(28)11-9-18-8-10-21-22(13-18)31-15-30-21/h5-8,10,12-13,16-17H,4,9,11,14-15H2,1-3H3,(H,26,29). The summed E-state index contributed by atoms with van der Waals surface area (Å²) in [5.74, 6) is 1.23. The number of ether oxygens (including phenoxy) is 2. The van der Waals surface area contributed by atoms with E-state index in [1.54, 1.807) is 11.8 Å². The molecule has 2 unspecified atom stereocenters. The number of amides is 2. The molecule has 2 aromatic rings. The summed E-state index contributed by atoms with van der Waals surface area (Å²) < 4.78 is 11.7. The maximum atomic E-state index is 13.2. The zero-order valence-electron chi connectivity index (χ0n) is 18.2. The summed E-state index contributed by atoms with van der Waals surface area (Å²) in [5.41, 5.74) is 1.96. The van der Waals surface area contributed by atoms with Crippen LogP contribution in [0.25, 0.3) is 0 Å². The summed E-state index contributed by atoms with van der Waals surface area (Å²) in [7, 11) is 0. The number of benzene rings is 2. The van der Waals surface area contributed by atoms with E-state index in [4.69, 9.17) is 9.47 Å². The number of carbonyl (C=O) groups is 2. The summed E-state index contributed by atoms with van der Waals surface area (Å²) in [5, 5.41) is 2.99. The molecule has 31 heavy (non-hydrogen) atoms. The maximum absolute atomic E-state index is 13.2. The van der Waals surface area contributed by atoms with Crippen LogP contribution in [0.1, 0.15) is 44.7 Å². The third-order valence-electron chi connectivity index (χ3n) is 5.47. The molecule has 0 aliphatic carbocycles. The van der Waals surface area contributed by atoms with Crippen molar-refractivity contribution < 1.29 is 19.1 Å². The summed E-state index contributed by atoms with van der Waals surface area (Å²) in [6.45, 7) is 6.36. The van der Waals surface area contributed by atoms with E-state index < -0.39 is 6.04 Å². The highest BCUT2D eigenvalue weighted by atomic mass is 79.9. The van der Waals surface area contributed by atoms with Crippen molar-refractivity contribution in [3.05, 3.63) is 58.1 Å². The molecule has 1 aliphatic heterocycles. The van der Waals surface area contributed by atoms with Gasteiger partial charge in [0.05, 0.1) is 0 Å². The zero-order valence-corrected chi connectivity index (χ0v) is 19.8. The minimum Gasteiger partial charge on any atom is -0.454 e. The van der Waals surface area contributed by atoms with Crippen LogP contribution in [0.15, 0.2) is 46.9 Å². The zero-order chi connectivity index (χ0) is 22.4. The fraction of sp³-hybridized carbons (Fsp3) is 0.417. The second-order valence-electron chi connectivity index (χ2n) is 7.83. The van der Waals surface area contributed by atoms with Gasteiger partial charge in [0.2, 0.25) is 18.6 Å². The van der Waals surface area contributed by atoms with Crippen molar-refractivity contribution in [2.24, 2.45) is 0 Å². The van der Waals surface area contributed by atoms with Crippen molar-refractivity contribution >= 4 is 27.7 Å². The molecule has 7 heteroatoms. The van der Waals surface area contributed by atoms with Gasteiger partial charge in [-0.25, -0.2) is 0 Å². The summed E-state index contributed by atoms with van der Waals surface area (Å²) >= 11 is 3.48. The SMILES string of the molecule is CCC(C)NC(=O)C(C)N(Cc1cccc(Br)c1)C(=O)CCc1ccc2c(c1)OCO2. The molecule has 3 rings (SSSR count). The third-order valence-corrected chi connectivity index (χ3v) is 5.97. The van der Waals surface area contributed by atoms with Crippen molar-refractivity contribution in [3.63, 3.8) is 0 Å². The molecule has 0 bridgehead atoms. The van der Waals surface area contributed by atoms with Crippen LogP contribution in [-0.4, -0.2) is 35.6 Å². The molecular formula is C24H29BrN2O4. The van der Waals surface area contributed by atoms with Crippen molar-refractivity contribution in [3.8, 4) is 11.5 Å². The number of carbonyl (C=O) groups excluding carboxylic acids is 2. The number of hydrogen-bond acceptors (Lipinski definition) is 4. The highest BCUT2D eigenvalue weighted by Gasteiger charge is 2.26. The molecule has 0 saturated carbocycles. The molecule has 0 saturated heterocycles. The van der Waals surface area contributed by atoms with Gasteiger partial charge in [-0.15, -0.1) is 0 Å². The maximum Gasteiger partial charge on any atom is 0.242 e. The smallest absolute Gasteiger partial charge is 0.242 e. The first kappa shape index (κ1) is 23.1. The van der Waals surface area contributed by atoms with E-state index in [0.29, 0.717) is 25.1 Å². The molecule has 0 spiro atoms. The van der Waals surface area contributed by atoms with Gasteiger partial charge in [0.1, 0.15) is 6.04 Å². The Labute approximate surface area is 192 Å². The minimum absolute atomic E-state index is 0.0615. The van der Waals surface area contributed by atoms with Crippen LogP contribution in [0.5, 0.6) is 11.5 Å². The first-order valence-electron chi connectivity index (χ1n) is 10.6. The normalized spacial score (nSPS) is 14.1. The molecule has 0 fully saturated rings. The number of rotatable bonds is 9. The quantitative estimate of drug-likeness (QED) is 0.566. The Hall–Kier alpha value is -2.54. The van der Waals surface area contributed by atoms with Crippen LogP contribution in [0.2, 0.25) is 0 Å². The van der Waals surface area contributed by atoms with Gasteiger partial charge in [0.25, 0.3) is 0 Å². The topological polar surface area (TPSA) is 67.9 Å². The highest BCUT2D eigenvalue weighted by molar-refractivity contribution is 9.10. The third kappa shape index (κ3) is 6.23. The van der Waals surface area contributed by atoms with Crippen LogP contribution < -0.4 is 14.8 Å². The summed E-state index contributed by atoms with van der Waals surface area (Å²) in [4.78, 5) is 27.7. The monoisotopic (exact) mass is 488 g/mol. The lowest BCUT2D eigenvalue weighted by Crippen LogP contribution is -2.49. The average Bonchev–Trinajstić information content (AvgIpc) is 3.23. The number of nitrogens with zero attached hydrogens (tertiary/aromatic N) is 1. The van der Waals surface area contributed by atoms with Crippen LogP contribution in [-0.2, 0) is 22.6 Å². The Morgan fingerprint density at radius 2 is 1.87 bits per heavy atom. The molecular weight excluding hydrogens is 460 g/mol. The molecule has 1 aliphatic rings. The van der Waals surface area contributed by atoms with Crippen LogP contribution in [0.4, 0.5) is 0 Å². The van der Waals surface area contributed by atoms with Crippen LogP contribution in [0.3, 0.4) is 0 Å². The summed E-state index contributed by atoms with van der Waals surface area (Å²) in [6.07, 6.45) is 1.70. The van der Waals surface area contributed by atoms with E-state index in [2.05, 4.69) is 21.2 Å². The van der Waals surface area contributed by atoms with Crippen molar-refractivity contribution in [2.75, 3.05) is 6.79 Å². The number of fused-ring (bicyclic) bond motifs is 1. The van der Waals surface area contributed by atoms with Gasteiger partial charge in [0, 0.05) is 23.5 Å². The van der Waals surface area contributed by atoms with E-state index in [0.717, 1.165) is 27.8 Å². The van der Waals surface area contributed by atoms with Gasteiger partial charge in [-0.05, 0) is 62.1 Å². The van der Waals surface area contributed by atoms with Crippen LogP contribution in [0, 0.1) is 0 Å². The molecule has 1 heterocycles. The second kappa shape index (κ2) is 10.7. The van der Waals surface area contributed by atoms with E-state index in [1.165, 1.54) is 0 Å². The van der Waals surface area contributed by atoms with E-state index in [1.807, 2.05) is 56.3 Å². The lowest BCUT2D eigenvalue weighted by molar-refractivity contribution is -0.140. The number of hydrogen-bond donors (Lipinski definition) is 1. The Morgan fingerprint density at radius 1 is 1.10 bits per heavy atom. The first-order chi connectivity index (χ1) is 14.9. The Morgan fingerprint density at radius 3 is 2.61 bits per heavy atom. The van der Waals surface area contributed by atoms with Crippen molar-refractivity contribution in [1.29, 1.82) is 0 Å². The Balaban J connectivity index is 1.72. The lowest BCUT2D eigenvalue weighted by atomic mass is 10.1. The van der Waals surface area contributed by atoms with Gasteiger partial charge in [-0.1, -0.05) is 41.1 Å². The molecule has 0 aromatic heterocycles.